The molecule has 152 valence electrons. The zero-order chi connectivity index (χ0) is 20.9. The average molecular weight is 418 g/mol. The molecular formula is C23H23N5OS. The second kappa shape index (κ2) is 9.00. The number of hydrogen-bond donors (Lipinski definition) is 0. The van der Waals surface area contributed by atoms with Crippen LogP contribution in [-0.2, 0) is 12.3 Å². The molecule has 30 heavy (non-hydrogen) atoms. The van der Waals surface area contributed by atoms with Crippen molar-refractivity contribution >= 4 is 11.8 Å². The molecule has 0 aliphatic heterocycles. The van der Waals surface area contributed by atoms with Crippen molar-refractivity contribution in [1.29, 1.82) is 0 Å². The number of allylic oxidation sites excluding steroid dienone is 1. The number of ether oxygens (including phenoxy) is 1. The summed E-state index contributed by atoms with van der Waals surface area (Å²) in [5, 5.41) is 14.3. The monoisotopic (exact) mass is 417 g/mol. The van der Waals surface area contributed by atoms with Gasteiger partial charge in [0.25, 0.3) is 0 Å². The van der Waals surface area contributed by atoms with Gasteiger partial charge in [-0.1, -0.05) is 36.0 Å². The van der Waals surface area contributed by atoms with Crippen molar-refractivity contribution in [3.8, 4) is 22.7 Å². The lowest BCUT2D eigenvalue weighted by Gasteiger charge is -2.06. The largest absolute Gasteiger partial charge is 0.497 e. The molecule has 0 saturated heterocycles. The van der Waals surface area contributed by atoms with E-state index in [2.05, 4.69) is 27.5 Å². The first-order chi connectivity index (χ1) is 14.7. The number of aromatic nitrogens is 5. The maximum atomic E-state index is 5.30. The third-order valence-electron chi connectivity index (χ3n) is 4.74. The van der Waals surface area contributed by atoms with Crippen molar-refractivity contribution in [2.75, 3.05) is 7.11 Å². The van der Waals surface area contributed by atoms with Gasteiger partial charge in [0.15, 0.2) is 5.16 Å². The fourth-order valence-electron chi connectivity index (χ4n) is 3.17. The van der Waals surface area contributed by atoms with E-state index in [1.54, 1.807) is 18.9 Å². The molecule has 6 nitrogen and oxygen atoms in total. The minimum absolute atomic E-state index is 0.690. The van der Waals surface area contributed by atoms with Crippen molar-refractivity contribution in [3.05, 3.63) is 84.8 Å². The van der Waals surface area contributed by atoms with Crippen LogP contribution in [0.5, 0.6) is 5.75 Å². The summed E-state index contributed by atoms with van der Waals surface area (Å²) in [5.41, 5.74) is 4.14. The van der Waals surface area contributed by atoms with E-state index in [0.717, 1.165) is 45.0 Å². The number of methoxy groups -OCH3 is 1. The number of thioether (sulfide) groups is 1. The first-order valence-electron chi connectivity index (χ1n) is 9.61. The molecule has 2 heterocycles. The molecule has 4 aromatic rings. The topological polar surface area (TPSA) is 57.8 Å². The van der Waals surface area contributed by atoms with Crippen LogP contribution in [0.3, 0.4) is 0 Å². The van der Waals surface area contributed by atoms with Crippen molar-refractivity contribution in [2.24, 2.45) is 0 Å². The Labute approximate surface area is 180 Å². The lowest BCUT2D eigenvalue weighted by molar-refractivity contribution is 0.415. The maximum absolute atomic E-state index is 5.30. The lowest BCUT2D eigenvalue weighted by atomic mass is 10.1. The first kappa shape index (κ1) is 20.0. The molecule has 4 rings (SSSR count). The molecule has 0 unspecified atom stereocenters. The maximum Gasteiger partial charge on any atom is 0.191 e. The molecule has 2 aromatic carbocycles. The summed E-state index contributed by atoms with van der Waals surface area (Å²) in [4.78, 5) is 0. The van der Waals surface area contributed by atoms with E-state index in [0.29, 0.717) is 6.54 Å². The summed E-state index contributed by atoms with van der Waals surface area (Å²) in [6.45, 7) is 6.48. The van der Waals surface area contributed by atoms with Crippen LogP contribution in [0.1, 0.15) is 11.4 Å². The van der Waals surface area contributed by atoms with Gasteiger partial charge in [-0.15, -0.1) is 16.8 Å². The number of aryl methyl sites for hydroxylation is 1. The highest BCUT2D eigenvalue weighted by Gasteiger charge is 2.15. The van der Waals surface area contributed by atoms with Crippen LogP contribution in [0.2, 0.25) is 0 Å². The van der Waals surface area contributed by atoms with E-state index in [9.17, 15) is 0 Å². The second-order valence-electron chi connectivity index (χ2n) is 6.73. The van der Waals surface area contributed by atoms with E-state index in [4.69, 9.17) is 9.84 Å². The van der Waals surface area contributed by atoms with Crippen LogP contribution in [0, 0.1) is 6.92 Å². The van der Waals surface area contributed by atoms with Crippen molar-refractivity contribution in [3.63, 3.8) is 0 Å². The summed E-state index contributed by atoms with van der Waals surface area (Å²) in [6.07, 6.45) is 3.94. The molecule has 0 atom stereocenters. The molecule has 0 spiro atoms. The molecule has 0 aliphatic rings. The molecule has 0 fully saturated rings. The highest BCUT2D eigenvalue weighted by molar-refractivity contribution is 7.98. The van der Waals surface area contributed by atoms with Gasteiger partial charge < -0.3 is 9.30 Å². The normalized spacial score (nSPS) is 10.9. The predicted molar refractivity (Wildman–Crippen MR) is 120 cm³/mol. The summed E-state index contributed by atoms with van der Waals surface area (Å²) in [6, 6.07) is 18.1. The Bertz CT molecular complexity index is 1130. The Hall–Kier alpha value is -3.32. The molecule has 0 bridgehead atoms. The van der Waals surface area contributed by atoms with E-state index in [1.165, 1.54) is 0 Å². The second-order valence-corrected chi connectivity index (χ2v) is 7.67. The number of para-hydroxylation sites is 1. The fraction of sp³-hybridized carbons (Fsp3) is 0.174. The van der Waals surface area contributed by atoms with Gasteiger partial charge in [-0.05, 0) is 43.3 Å². The smallest absolute Gasteiger partial charge is 0.191 e. The standard InChI is InChI=1S/C23H23N5OS/c1-4-14-27-17(2)24-25-23(27)30-16-19-15-28(20-8-6-5-7-9-20)26-22(19)18-10-12-21(29-3)13-11-18/h4-13,15H,1,14,16H2,2-3H3. The number of rotatable bonds is 8. The zero-order valence-corrected chi connectivity index (χ0v) is 17.8. The Morgan fingerprint density at radius 2 is 1.83 bits per heavy atom. The van der Waals surface area contributed by atoms with Gasteiger partial charge in [0.2, 0.25) is 0 Å². The van der Waals surface area contributed by atoms with Crippen LogP contribution in [-0.4, -0.2) is 31.7 Å². The number of nitrogens with zero attached hydrogens (tertiary/aromatic N) is 5. The minimum Gasteiger partial charge on any atom is -0.497 e. The molecule has 0 amide bonds. The predicted octanol–water partition coefficient (Wildman–Crippen LogP) is 4.93. The van der Waals surface area contributed by atoms with Gasteiger partial charge in [0.05, 0.1) is 18.5 Å². The van der Waals surface area contributed by atoms with Gasteiger partial charge in [0, 0.05) is 29.6 Å². The third-order valence-corrected chi connectivity index (χ3v) is 5.76. The summed E-state index contributed by atoms with van der Waals surface area (Å²) in [7, 11) is 1.67. The number of hydrogen-bond acceptors (Lipinski definition) is 5. The third kappa shape index (κ3) is 4.16. The zero-order valence-electron chi connectivity index (χ0n) is 17.0. The molecule has 0 radical (unpaired) electrons. The summed E-state index contributed by atoms with van der Waals surface area (Å²) in [5.74, 6) is 2.43. The van der Waals surface area contributed by atoms with Gasteiger partial charge >= 0.3 is 0 Å². The molecule has 0 saturated carbocycles. The quantitative estimate of drug-likeness (QED) is 0.301. The number of benzene rings is 2. The van der Waals surface area contributed by atoms with Gasteiger partial charge in [-0.2, -0.15) is 5.10 Å². The van der Waals surface area contributed by atoms with Gasteiger partial charge in [-0.25, -0.2) is 4.68 Å². The Kier molecular flexibility index (Phi) is 5.99. The van der Waals surface area contributed by atoms with Crippen LogP contribution in [0.4, 0.5) is 0 Å². The van der Waals surface area contributed by atoms with Gasteiger partial charge in [-0.3, -0.25) is 0 Å². The SMILES string of the molecule is C=CCn1c(C)nnc1SCc1cn(-c2ccccc2)nc1-c1ccc(OC)cc1. The van der Waals surface area contributed by atoms with E-state index in [1.807, 2.05) is 72.3 Å². The minimum atomic E-state index is 0.690. The molecule has 0 N–H and O–H groups in total. The highest BCUT2D eigenvalue weighted by atomic mass is 32.2. The fourth-order valence-corrected chi connectivity index (χ4v) is 4.13. The molecular weight excluding hydrogens is 394 g/mol. The van der Waals surface area contributed by atoms with Crippen LogP contribution in [0.15, 0.2) is 78.6 Å². The van der Waals surface area contributed by atoms with Crippen LogP contribution < -0.4 is 4.74 Å². The van der Waals surface area contributed by atoms with Gasteiger partial charge in [0.1, 0.15) is 11.6 Å². The summed E-state index contributed by atoms with van der Waals surface area (Å²) < 4.78 is 9.29. The average Bonchev–Trinajstić information content (AvgIpc) is 3.37. The highest BCUT2D eigenvalue weighted by Crippen LogP contribution is 2.30. The van der Waals surface area contributed by atoms with Crippen LogP contribution in [0.25, 0.3) is 16.9 Å². The van der Waals surface area contributed by atoms with Crippen LogP contribution >= 0.6 is 11.8 Å². The molecule has 0 aliphatic carbocycles. The van der Waals surface area contributed by atoms with Crippen molar-refractivity contribution in [1.82, 2.24) is 24.5 Å². The summed E-state index contributed by atoms with van der Waals surface area (Å²) >= 11 is 1.65. The Morgan fingerprint density at radius 1 is 1.07 bits per heavy atom. The van der Waals surface area contributed by atoms with E-state index in [-0.39, 0.29) is 0 Å². The first-order valence-corrected chi connectivity index (χ1v) is 10.6. The molecule has 2 aromatic heterocycles. The Balaban J connectivity index is 1.68. The van der Waals surface area contributed by atoms with Crippen molar-refractivity contribution in [2.45, 2.75) is 24.4 Å². The lowest BCUT2D eigenvalue weighted by Crippen LogP contribution is -2.00. The Morgan fingerprint density at radius 3 is 2.53 bits per heavy atom. The molecule has 7 heteroatoms. The van der Waals surface area contributed by atoms with E-state index >= 15 is 0 Å². The van der Waals surface area contributed by atoms with Crippen molar-refractivity contribution < 1.29 is 4.74 Å². The van der Waals surface area contributed by atoms with E-state index < -0.39 is 0 Å².